The summed E-state index contributed by atoms with van der Waals surface area (Å²) in [7, 11) is 0. The number of nitrogens with one attached hydrogen (secondary N) is 1. The van der Waals surface area contributed by atoms with Gasteiger partial charge in [-0.1, -0.05) is 36.2 Å². The lowest BCUT2D eigenvalue weighted by Gasteiger charge is -2.33. The molecule has 2 unspecified atom stereocenters. The Bertz CT molecular complexity index is 442. The average molecular weight is 285 g/mol. The zero-order chi connectivity index (χ0) is 14.8. The lowest BCUT2D eigenvalue weighted by Crippen LogP contribution is -2.39. The van der Waals surface area contributed by atoms with Gasteiger partial charge in [0.05, 0.1) is 5.92 Å². The molecule has 0 bridgehead atoms. The first-order chi connectivity index (χ1) is 9.36. The SMILES string of the molecule is Cc1cccc([C@H](C)NC2CCCC(C(F)(F)F)C2)c1. The summed E-state index contributed by atoms with van der Waals surface area (Å²) >= 11 is 0. The Balaban J connectivity index is 1.96. The summed E-state index contributed by atoms with van der Waals surface area (Å²) in [4.78, 5) is 0. The van der Waals surface area contributed by atoms with Crippen LogP contribution >= 0.6 is 0 Å². The molecule has 0 spiro atoms. The van der Waals surface area contributed by atoms with E-state index in [4.69, 9.17) is 0 Å². The molecule has 1 nitrogen and oxygen atoms in total. The van der Waals surface area contributed by atoms with Crippen molar-refractivity contribution in [2.45, 2.75) is 57.8 Å². The van der Waals surface area contributed by atoms with Crippen LogP contribution in [0.15, 0.2) is 24.3 Å². The van der Waals surface area contributed by atoms with Crippen molar-refractivity contribution in [2.24, 2.45) is 5.92 Å². The van der Waals surface area contributed by atoms with Crippen LogP contribution in [0, 0.1) is 12.8 Å². The van der Waals surface area contributed by atoms with Crippen molar-refractivity contribution >= 4 is 0 Å². The van der Waals surface area contributed by atoms with E-state index in [0.717, 1.165) is 12.0 Å². The predicted octanol–water partition coefficient (Wildman–Crippen LogP) is 4.77. The second kappa shape index (κ2) is 6.17. The van der Waals surface area contributed by atoms with Crippen LogP contribution in [0.25, 0.3) is 0 Å². The molecule has 1 saturated carbocycles. The van der Waals surface area contributed by atoms with Gasteiger partial charge in [-0.05, 0) is 38.7 Å². The minimum Gasteiger partial charge on any atom is -0.307 e. The molecule has 1 N–H and O–H groups in total. The van der Waals surface area contributed by atoms with Gasteiger partial charge in [0.1, 0.15) is 0 Å². The smallest absolute Gasteiger partial charge is 0.307 e. The first-order valence-corrected chi connectivity index (χ1v) is 7.25. The largest absolute Gasteiger partial charge is 0.391 e. The number of aryl methyl sites for hydroxylation is 1. The van der Waals surface area contributed by atoms with Gasteiger partial charge < -0.3 is 5.32 Å². The molecule has 0 heterocycles. The van der Waals surface area contributed by atoms with Gasteiger partial charge in [-0.15, -0.1) is 0 Å². The normalized spacial score (nSPS) is 25.4. The van der Waals surface area contributed by atoms with Crippen molar-refractivity contribution < 1.29 is 13.2 Å². The fraction of sp³-hybridized carbons (Fsp3) is 0.625. The van der Waals surface area contributed by atoms with E-state index in [2.05, 4.69) is 11.4 Å². The Morgan fingerprint density at radius 1 is 1.25 bits per heavy atom. The molecule has 20 heavy (non-hydrogen) atoms. The highest BCUT2D eigenvalue weighted by Crippen LogP contribution is 2.38. The van der Waals surface area contributed by atoms with Crippen LogP contribution in [0.3, 0.4) is 0 Å². The molecule has 4 heteroatoms. The number of hydrogen-bond donors (Lipinski definition) is 1. The first-order valence-electron chi connectivity index (χ1n) is 7.25. The lowest BCUT2D eigenvalue weighted by molar-refractivity contribution is -0.183. The minimum absolute atomic E-state index is 0.0362. The third kappa shape index (κ3) is 3.98. The van der Waals surface area contributed by atoms with Gasteiger partial charge in [0.2, 0.25) is 0 Å². The van der Waals surface area contributed by atoms with E-state index in [1.54, 1.807) is 0 Å². The molecule has 0 saturated heterocycles. The van der Waals surface area contributed by atoms with Crippen LogP contribution < -0.4 is 5.32 Å². The Morgan fingerprint density at radius 2 is 2.00 bits per heavy atom. The van der Waals surface area contributed by atoms with Crippen molar-refractivity contribution in [2.75, 3.05) is 0 Å². The number of rotatable bonds is 3. The van der Waals surface area contributed by atoms with Gasteiger partial charge in [-0.2, -0.15) is 13.2 Å². The molecule has 0 aromatic heterocycles. The molecule has 2 rings (SSSR count). The van der Waals surface area contributed by atoms with Crippen LogP contribution in [-0.2, 0) is 0 Å². The van der Waals surface area contributed by atoms with Crippen molar-refractivity contribution in [1.82, 2.24) is 5.32 Å². The average Bonchev–Trinajstić information content (AvgIpc) is 2.38. The van der Waals surface area contributed by atoms with E-state index in [9.17, 15) is 13.2 Å². The van der Waals surface area contributed by atoms with Crippen molar-refractivity contribution in [3.63, 3.8) is 0 Å². The fourth-order valence-corrected chi connectivity index (χ4v) is 3.03. The summed E-state index contributed by atoms with van der Waals surface area (Å²) in [6.07, 6.45) is -2.07. The molecule has 1 aliphatic rings. The Morgan fingerprint density at radius 3 is 2.65 bits per heavy atom. The first kappa shape index (κ1) is 15.4. The van der Waals surface area contributed by atoms with E-state index in [1.807, 2.05) is 32.0 Å². The number of benzene rings is 1. The number of alkyl halides is 3. The molecule has 0 radical (unpaired) electrons. The Hall–Kier alpha value is -1.03. The highest BCUT2D eigenvalue weighted by Gasteiger charge is 2.42. The molecule has 3 atom stereocenters. The van der Waals surface area contributed by atoms with E-state index in [-0.39, 0.29) is 24.9 Å². The molecule has 0 amide bonds. The lowest BCUT2D eigenvalue weighted by atomic mass is 9.84. The maximum atomic E-state index is 12.8. The molecule has 1 aromatic rings. The van der Waals surface area contributed by atoms with Crippen LogP contribution in [-0.4, -0.2) is 12.2 Å². The zero-order valence-electron chi connectivity index (χ0n) is 12.0. The molecule has 0 aliphatic heterocycles. The van der Waals surface area contributed by atoms with Crippen LogP contribution in [0.4, 0.5) is 13.2 Å². The van der Waals surface area contributed by atoms with Gasteiger partial charge in [0, 0.05) is 12.1 Å². The van der Waals surface area contributed by atoms with E-state index >= 15 is 0 Å². The summed E-state index contributed by atoms with van der Waals surface area (Å²) in [5, 5.41) is 3.36. The maximum absolute atomic E-state index is 12.8. The summed E-state index contributed by atoms with van der Waals surface area (Å²) < 4.78 is 38.4. The van der Waals surface area contributed by atoms with Crippen molar-refractivity contribution in [1.29, 1.82) is 0 Å². The predicted molar refractivity (Wildman–Crippen MR) is 74.5 cm³/mol. The van der Waals surface area contributed by atoms with Gasteiger partial charge in [-0.25, -0.2) is 0 Å². The second-order valence-electron chi connectivity index (χ2n) is 5.90. The van der Waals surface area contributed by atoms with E-state index in [0.29, 0.717) is 6.42 Å². The van der Waals surface area contributed by atoms with Crippen LogP contribution in [0.1, 0.15) is 49.8 Å². The highest BCUT2D eigenvalue weighted by molar-refractivity contribution is 5.24. The maximum Gasteiger partial charge on any atom is 0.391 e. The van der Waals surface area contributed by atoms with E-state index < -0.39 is 12.1 Å². The third-order valence-electron chi connectivity index (χ3n) is 4.16. The summed E-state index contributed by atoms with van der Waals surface area (Å²) in [6, 6.07) is 8.17. The van der Waals surface area contributed by atoms with Gasteiger partial charge in [-0.3, -0.25) is 0 Å². The van der Waals surface area contributed by atoms with Crippen LogP contribution in [0.5, 0.6) is 0 Å². The Labute approximate surface area is 118 Å². The second-order valence-corrected chi connectivity index (χ2v) is 5.90. The molecular weight excluding hydrogens is 263 g/mol. The standard InChI is InChI=1S/C16H22F3N/c1-11-5-3-6-13(9-11)12(2)20-15-8-4-7-14(10-15)16(17,18)19/h3,5-6,9,12,14-15,20H,4,7-8,10H2,1-2H3/t12-,14?,15?/m0/s1. The molecule has 1 aliphatic carbocycles. The third-order valence-corrected chi connectivity index (χ3v) is 4.16. The minimum atomic E-state index is -4.05. The number of hydrogen-bond acceptors (Lipinski definition) is 1. The van der Waals surface area contributed by atoms with Gasteiger partial charge >= 0.3 is 6.18 Å². The summed E-state index contributed by atoms with van der Waals surface area (Å²) in [5.41, 5.74) is 2.31. The fourth-order valence-electron chi connectivity index (χ4n) is 3.03. The molecular formula is C16H22F3N. The number of halogens is 3. The topological polar surface area (TPSA) is 12.0 Å². The van der Waals surface area contributed by atoms with E-state index in [1.165, 1.54) is 5.56 Å². The molecule has 1 aromatic carbocycles. The zero-order valence-corrected chi connectivity index (χ0v) is 12.0. The summed E-state index contributed by atoms with van der Waals surface area (Å²) in [5.74, 6) is -1.14. The molecule has 1 fully saturated rings. The van der Waals surface area contributed by atoms with Gasteiger partial charge in [0.25, 0.3) is 0 Å². The van der Waals surface area contributed by atoms with Crippen molar-refractivity contribution in [3.05, 3.63) is 35.4 Å². The highest BCUT2D eigenvalue weighted by atomic mass is 19.4. The Kier molecular flexibility index (Phi) is 4.74. The monoisotopic (exact) mass is 285 g/mol. The van der Waals surface area contributed by atoms with Crippen LogP contribution in [0.2, 0.25) is 0 Å². The summed E-state index contributed by atoms with van der Waals surface area (Å²) in [6.45, 7) is 4.04. The van der Waals surface area contributed by atoms with Crippen molar-refractivity contribution in [3.8, 4) is 0 Å². The van der Waals surface area contributed by atoms with Gasteiger partial charge in [0.15, 0.2) is 0 Å². The molecule has 112 valence electrons. The quantitative estimate of drug-likeness (QED) is 0.843.